The van der Waals surface area contributed by atoms with Crippen LogP contribution in [0.5, 0.6) is 11.5 Å². The summed E-state index contributed by atoms with van der Waals surface area (Å²) in [5.74, 6) is 1.79. The Hall–Kier alpha value is -1.72. The van der Waals surface area contributed by atoms with Crippen LogP contribution in [0.25, 0.3) is 0 Å². The van der Waals surface area contributed by atoms with Crippen LogP contribution in [0.3, 0.4) is 0 Å². The standard InChI is InChI=1S/C16H20N2O2S/c1-12(10-13(2)21(17)19)14-5-7-15(8-6-14)20-16-4-3-9-18-11-16/h3-9,11-13H,10,17H2,1-2H3/t12-,13?,21?/m0/s1. The molecule has 3 atom stereocenters. The molecule has 1 aromatic heterocycles. The molecule has 2 unspecified atom stereocenters. The highest BCUT2D eigenvalue weighted by molar-refractivity contribution is 7.83. The first kappa shape index (κ1) is 15.7. The zero-order valence-corrected chi connectivity index (χ0v) is 13.0. The van der Waals surface area contributed by atoms with Crippen LogP contribution < -0.4 is 9.88 Å². The molecular formula is C16H20N2O2S. The lowest BCUT2D eigenvalue weighted by molar-refractivity contribution is 0.480. The molecule has 0 saturated carbocycles. The van der Waals surface area contributed by atoms with Crippen molar-refractivity contribution >= 4 is 11.0 Å². The van der Waals surface area contributed by atoms with Gasteiger partial charge in [-0.2, -0.15) is 0 Å². The third kappa shape index (κ3) is 4.65. The third-order valence-electron chi connectivity index (χ3n) is 3.40. The summed E-state index contributed by atoms with van der Waals surface area (Å²) in [6.07, 6.45) is 4.18. The van der Waals surface area contributed by atoms with Gasteiger partial charge in [-0.05, 0) is 49.1 Å². The lowest BCUT2D eigenvalue weighted by Gasteiger charge is -2.16. The average Bonchev–Trinajstić information content (AvgIpc) is 2.48. The van der Waals surface area contributed by atoms with Crippen molar-refractivity contribution in [2.75, 3.05) is 0 Å². The van der Waals surface area contributed by atoms with E-state index in [0.717, 1.165) is 12.2 Å². The van der Waals surface area contributed by atoms with E-state index in [9.17, 15) is 4.21 Å². The van der Waals surface area contributed by atoms with E-state index in [0.29, 0.717) is 11.7 Å². The fourth-order valence-corrected chi connectivity index (χ4v) is 2.62. The van der Waals surface area contributed by atoms with Gasteiger partial charge in [-0.3, -0.25) is 10.1 Å². The van der Waals surface area contributed by atoms with Crippen LogP contribution in [0.4, 0.5) is 0 Å². The van der Waals surface area contributed by atoms with Crippen LogP contribution in [0.15, 0.2) is 48.8 Å². The molecule has 0 fully saturated rings. The van der Waals surface area contributed by atoms with Gasteiger partial charge in [0, 0.05) is 11.4 Å². The van der Waals surface area contributed by atoms with Gasteiger partial charge in [0.15, 0.2) is 0 Å². The molecule has 0 aliphatic heterocycles. The summed E-state index contributed by atoms with van der Waals surface area (Å²) in [4.78, 5) is 4.01. The van der Waals surface area contributed by atoms with Crippen molar-refractivity contribution in [3.8, 4) is 11.5 Å². The smallest absolute Gasteiger partial charge is 0.145 e. The lowest BCUT2D eigenvalue weighted by atomic mass is 9.96. The molecule has 0 saturated heterocycles. The van der Waals surface area contributed by atoms with E-state index in [1.54, 1.807) is 12.4 Å². The Morgan fingerprint density at radius 3 is 2.48 bits per heavy atom. The number of aromatic nitrogens is 1. The van der Waals surface area contributed by atoms with Crippen molar-refractivity contribution in [1.29, 1.82) is 0 Å². The van der Waals surface area contributed by atoms with Gasteiger partial charge in [-0.1, -0.05) is 19.1 Å². The molecule has 4 nitrogen and oxygen atoms in total. The van der Waals surface area contributed by atoms with Gasteiger partial charge in [-0.15, -0.1) is 0 Å². The molecule has 0 amide bonds. The topological polar surface area (TPSA) is 65.2 Å². The summed E-state index contributed by atoms with van der Waals surface area (Å²) < 4.78 is 16.9. The van der Waals surface area contributed by atoms with Gasteiger partial charge in [0.05, 0.1) is 17.2 Å². The zero-order chi connectivity index (χ0) is 15.2. The molecule has 112 valence electrons. The summed E-state index contributed by atoms with van der Waals surface area (Å²) >= 11 is 0. The van der Waals surface area contributed by atoms with E-state index >= 15 is 0 Å². The molecule has 5 heteroatoms. The number of nitrogens with two attached hydrogens (primary N) is 1. The van der Waals surface area contributed by atoms with Crippen molar-refractivity contribution in [1.82, 2.24) is 4.98 Å². The Bertz CT molecular complexity index is 587. The number of nitrogens with zero attached hydrogens (tertiary/aromatic N) is 1. The van der Waals surface area contributed by atoms with Crippen LogP contribution in [0, 0.1) is 0 Å². The molecule has 0 bridgehead atoms. The molecule has 2 rings (SSSR count). The Labute approximate surface area is 127 Å². The monoisotopic (exact) mass is 304 g/mol. The van der Waals surface area contributed by atoms with Gasteiger partial charge in [0.25, 0.3) is 0 Å². The summed E-state index contributed by atoms with van der Waals surface area (Å²) in [6.45, 7) is 4.02. The minimum absolute atomic E-state index is 0.00804. The minimum Gasteiger partial charge on any atom is -0.456 e. The van der Waals surface area contributed by atoms with E-state index in [1.165, 1.54) is 5.56 Å². The quantitative estimate of drug-likeness (QED) is 0.889. The number of benzene rings is 1. The lowest BCUT2D eigenvalue weighted by Crippen LogP contribution is -2.20. The van der Waals surface area contributed by atoms with E-state index in [1.807, 2.05) is 43.3 Å². The van der Waals surface area contributed by atoms with Crippen molar-refractivity contribution in [3.05, 3.63) is 54.4 Å². The van der Waals surface area contributed by atoms with Crippen molar-refractivity contribution in [3.63, 3.8) is 0 Å². The summed E-state index contributed by atoms with van der Waals surface area (Å²) in [5.41, 5.74) is 1.19. The Morgan fingerprint density at radius 1 is 1.19 bits per heavy atom. The third-order valence-corrected chi connectivity index (χ3v) is 4.39. The maximum atomic E-state index is 11.2. The van der Waals surface area contributed by atoms with Gasteiger partial charge in [0.1, 0.15) is 11.5 Å². The largest absolute Gasteiger partial charge is 0.456 e. The first-order chi connectivity index (χ1) is 10.1. The zero-order valence-electron chi connectivity index (χ0n) is 12.2. The molecule has 0 aliphatic carbocycles. The highest BCUT2D eigenvalue weighted by Crippen LogP contribution is 2.26. The van der Waals surface area contributed by atoms with E-state index in [-0.39, 0.29) is 5.25 Å². The maximum absolute atomic E-state index is 11.2. The normalized spacial score (nSPS) is 15.2. The number of rotatable bonds is 6. The van der Waals surface area contributed by atoms with Crippen molar-refractivity contribution in [2.24, 2.45) is 5.14 Å². The molecule has 1 heterocycles. The molecular weight excluding hydrogens is 284 g/mol. The first-order valence-electron chi connectivity index (χ1n) is 6.89. The predicted octanol–water partition coefficient (Wildman–Crippen LogP) is 3.38. The van der Waals surface area contributed by atoms with Crippen LogP contribution >= 0.6 is 0 Å². The van der Waals surface area contributed by atoms with Crippen LogP contribution in [-0.4, -0.2) is 14.4 Å². The predicted molar refractivity (Wildman–Crippen MR) is 85.6 cm³/mol. The molecule has 0 spiro atoms. The molecule has 0 radical (unpaired) electrons. The second kappa shape index (κ2) is 7.33. The summed E-state index contributed by atoms with van der Waals surface area (Å²) in [6, 6.07) is 11.6. The molecule has 0 aliphatic rings. The van der Waals surface area contributed by atoms with Crippen LogP contribution in [0.1, 0.15) is 31.7 Å². The SMILES string of the molecule is CC(C[C@H](C)c1ccc(Oc2cccnc2)cc1)S(N)=O. The van der Waals surface area contributed by atoms with Crippen molar-refractivity contribution < 1.29 is 8.95 Å². The number of pyridine rings is 1. The highest BCUT2D eigenvalue weighted by Gasteiger charge is 2.14. The number of hydrogen-bond donors (Lipinski definition) is 1. The average molecular weight is 304 g/mol. The van der Waals surface area contributed by atoms with Crippen molar-refractivity contribution in [2.45, 2.75) is 31.4 Å². The minimum atomic E-state index is -1.27. The maximum Gasteiger partial charge on any atom is 0.145 e. The van der Waals surface area contributed by atoms with E-state index < -0.39 is 11.0 Å². The van der Waals surface area contributed by atoms with E-state index in [4.69, 9.17) is 9.88 Å². The Morgan fingerprint density at radius 2 is 1.90 bits per heavy atom. The second-order valence-electron chi connectivity index (χ2n) is 5.14. The molecule has 2 N–H and O–H groups in total. The highest BCUT2D eigenvalue weighted by atomic mass is 32.2. The molecule has 21 heavy (non-hydrogen) atoms. The van der Waals surface area contributed by atoms with Crippen LogP contribution in [-0.2, 0) is 11.0 Å². The molecule has 1 aromatic carbocycles. The number of hydrogen-bond acceptors (Lipinski definition) is 3. The van der Waals surface area contributed by atoms with E-state index in [2.05, 4.69) is 11.9 Å². The van der Waals surface area contributed by atoms with Crippen LogP contribution in [0.2, 0.25) is 0 Å². The summed E-state index contributed by atoms with van der Waals surface area (Å²) in [7, 11) is -1.27. The Kier molecular flexibility index (Phi) is 5.47. The summed E-state index contributed by atoms with van der Waals surface area (Å²) in [5, 5.41) is 5.41. The second-order valence-corrected chi connectivity index (χ2v) is 6.60. The Balaban J connectivity index is 2.00. The van der Waals surface area contributed by atoms with Gasteiger partial charge < -0.3 is 4.74 Å². The van der Waals surface area contributed by atoms with Gasteiger partial charge in [-0.25, -0.2) is 4.21 Å². The molecule has 2 aromatic rings. The van der Waals surface area contributed by atoms with Gasteiger partial charge in [0.2, 0.25) is 0 Å². The fourth-order valence-electron chi connectivity index (χ4n) is 2.14. The fraction of sp³-hybridized carbons (Fsp3) is 0.312. The first-order valence-corrected chi connectivity index (χ1v) is 8.16. The van der Waals surface area contributed by atoms with Gasteiger partial charge >= 0.3 is 0 Å². The number of ether oxygens (including phenoxy) is 1.